The van der Waals surface area contributed by atoms with Crippen LogP contribution in [0, 0.1) is 0 Å². The van der Waals surface area contributed by atoms with E-state index < -0.39 is 17.4 Å². The van der Waals surface area contributed by atoms with Crippen LogP contribution in [0.25, 0.3) is 22.2 Å². The van der Waals surface area contributed by atoms with E-state index in [1.807, 2.05) is 0 Å². The summed E-state index contributed by atoms with van der Waals surface area (Å²) in [5.41, 5.74) is -1.49. The fraction of sp³-hybridized carbons (Fsp3) is 0.111. The van der Waals surface area contributed by atoms with E-state index in [9.17, 15) is 18.0 Å². The Morgan fingerprint density at radius 2 is 1.93 bits per heavy atom. The minimum atomic E-state index is -4.62. The third-order valence-electron chi connectivity index (χ3n) is 3.97. The van der Waals surface area contributed by atoms with Crippen molar-refractivity contribution in [3.05, 3.63) is 64.3 Å². The van der Waals surface area contributed by atoms with Crippen molar-refractivity contribution in [2.45, 2.75) is 6.18 Å². The van der Waals surface area contributed by atoms with Gasteiger partial charge in [0.25, 0.3) is 0 Å². The molecule has 0 amide bonds. The lowest BCUT2D eigenvalue weighted by Gasteiger charge is -2.03. The van der Waals surface area contributed by atoms with Gasteiger partial charge in [-0.15, -0.1) is 0 Å². The molecule has 142 valence electrons. The van der Waals surface area contributed by atoms with E-state index in [0.717, 1.165) is 17.1 Å². The highest BCUT2D eigenvalue weighted by Crippen LogP contribution is 2.31. The number of furan rings is 1. The molecule has 3 aromatic heterocycles. The maximum Gasteiger partial charge on any atom is 0.433 e. The fourth-order valence-electron chi connectivity index (χ4n) is 2.57. The molecule has 0 fully saturated rings. The highest BCUT2D eigenvalue weighted by atomic mass is 19.4. The third-order valence-corrected chi connectivity index (χ3v) is 3.97. The van der Waals surface area contributed by atoms with Gasteiger partial charge in [-0.2, -0.15) is 22.9 Å². The van der Waals surface area contributed by atoms with Gasteiger partial charge in [-0.3, -0.25) is 4.79 Å². The summed E-state index contributed by atoms with van der Waals surface area (Å²) in [6.07, 6.45) is -2.03. The molecule has 0 unspecified atom stereocenters. The first-order chi connectivity index (χ1) is 13.4. The predicted octanol–water partition coefficient (Wildman–Crippen LogP) is 3.45. The molecule has 10 heteroatoms. The molecule has 7 nitrogen and oxygen atoms in total. The average Bonchev–Trinajstić information content (AvgIpc) is 3.06. The Bertz CT molecular complexity index is 1260. The quantitative estimate of drug-likeness (QED) is 0.502. The molecule has 0 saturated heterocycles. The SMILES string of the molecule is COc1ccc(/C=N/n2cnc3c(oc4nc(C(F)(F)F)ccc43)c2=O)cc1. The Kier molecular flexibility index (Phi) is 4.10. The van der Waals surface area contributed by atoms with E-state index >= 15 is 0 Å². The van der Waals surface area contributed by atoms with Crippen LogP contribution >= 0.6 is 0 Å². The zero-order valence-corrected chi connectivity index (χ0v) is 14.3. The van der Waals surface area contributed by atoms with Crippen molar-refractivity contribution in [2.75, 3.05) is 7.11 Å². The number of aromatic nitrogens is 3. The number of hydrogen-bond donors (Lipinski definition) is 0. The second-order valence-corrected chi connectivity index (χ2v) is 5.74. The van der Waals surface area contributed by atoms with Gasteiger partial charge in [0.1, 0.15) is 23.3 Å². The monoisotopic (exact) mass is 388 g/mol. The van der Waals surface area contributed by atoms with Crippen molar-refractivity contribution in [3.63, 3.8) is 0 Å². The van der Waals surface area contributed by atoms with Crippen LogP contribution in [0.2, 0.25) is 0 Å². The molecule has 0 atom stereocenters. The van der Waals surface area contributed by atoms with Gasteiger partial charge in [0.15, 0.2) is 0 Å². The molecule has 0 spiro atoms. The summed E-state index contributed by atoms with van der Waals surface area (Å²) in [7, 11) is 1.55. The lowest BCUT2D eigenvalue weighted by molar-refractivity contribution is -0.141. The van der Waals surface area contributed by atoms with E-state index in [0.29, 0.717) is 11.3 Å². The molecule has 0 aliphatic heterocycles. The molecule has 0 N–H and O–H groups in total. The minimum Gasteiger partial charge on any atom is -0.497 e. The van der Waals surface area contributed by atoms with Gasteiger partial charge in [0.2, 0.25) is 11.3 Å². The number of hydrogen-bond acceptors (Lipinski definition) is 6. The highest BCUT2D eigenvalue weighted by Gasteiger charge is 2.33. The first kappa shape index (κ1) is 17.7. The summed E-state index contributed by atoms with van der Waals surface area (Å²) >= 11 is 0. The Morgan fingerprint density at radius 3 is 2.61 bits per heavy atom. The number of methoxy groups -OCH3 is 1. The summed E-state index contributed by atoms with van der Waals surface area (Å²) in [5.74, 6) is 0.672. The third kappa shape index (κ3) is 3.08. The molecule has 3 heterocycles. The van der Waals surface area contributed by atoms with E-state index in [1.165, 1.54) is 12.3 Å². The first-order valence-electron chi connectivity index (χ1n) is 7.93. The molecule has 1 aromatic carbocycles. The number of halogens is 3. The maximum absolute atomic E-state index is 12.8. The Hall–Kier alpha value is -3.69. The van der Waals surface area contributed by atoms with Crippen LogP contribution in [0.4, 0.5) is 13.2 Å². The Morgan fingerprint density at radius 1 is 1.18 bits per heavy atom. The van der Waals surface area contributed by atoms with Crippen LogP contribution in [0.15, 0.2) is 57.0 Å². The average molecular weight is 388 g/mol. The molecule has 0 saturated carbocycles. The predicted molar refractivity (Wildman–Crippen MR) is 94.6 cm³/mol. The minimum absolute atomic E-state index is 0.122. The van der Waals surface area contributed by atoms with Gasteiger partial charge in [-0.05, 0) is 42.0 Å². The summed E-state index contributed by atoms with van der Waals surface area (Å²) in [4.78, 5) is 20.1. The van der Waals surface area contributed by atoms with E-state index in [4.69, 9.17) is 9.15 Å². The first-order valence-corrected chi connectivity index (χ1v) is 7.93. The fourth-order valence-corrected chi connectivity index (χ4v) is 2.57. The largest absolute Gasteiger partial charge is 0.497 e. The Labute approximate surface area is 154 Å². The number of ether oxygens (including phenoxy) is 1. The molecule has 4 rings (SSSR count). The number of benzene rings is 1. The van der Waals surface area contributed by atoms with E-state index in [1.54, 1.807) is 31.4 Å². The molecule has 4 aromatic rings. The van der Waals surface area contributed by atoms with Crippen molar-refractivity contribution in [2.24, 2.45) is 5.10 Å². The van der Waals surface area contributed by atoms with Crippen molar-refractivity contribution < 1.29 is 22.3 Å². The number of nitrogens with zero attached hydrogens (tertiary/aromatic N) is 4. The number of fused-ring (bicyclic) bond motifs is 3. The van der Waals surface area contributed by atoms with Crippen molar-refractivity contribution >= 4 is 28.4 Å². The van der Waals surface area contributed by atoms with Crippen molar-refractivity contribution in [1.82, 2.24) is 14.6 Å². The van der Waals surface area contributed by atoms with Crippen LogP contribution in [0.3, 0.4) is 0 Å². The van der Waals surface area contributed by atoms with Crippen molar-refractivity contribution in [3.8, 4) is 5.75 Å². The van der Waals surface area contributed by atoms with Gasteiger partial charge in [-0.25, -0.2) is 9.97 Å². The molecular weight excluding hydrogens is 377 g/mol. The van der Waals surface area contributed by atoms with E-state index in [2.05, 4.69) is 15.1 Å². The molecule has 0 radical (unpaired) electrons. The van der Waals surface area contributed by atoms with Gasteiger partial charge in [-0.1, -0.05) is 0 Å². The zero-order chi connectivity index (χ0) is 19.9. The second-order valence-electron chi connectivity index (χ2n) is 5.74. The summed E-state index contributed by atoms with van der Waals surface area (Å²) in [5, 5.41) is 4.24. The molecule has 28 heavy (non-hydrogen) atoms. The number of alkyl halides is 3. The lowest BCUT2D eigenvalue weighted by Crippen LogP contribution is -2.16. The van der Waals surface area contributed by atoms with Crippen LogP contribution < -0.4 is 10.3 Å². The maximum atomic E-state index is 12.8. The highest BCUT2D eigenvalue weighted by molar-refractivity contribution is 6.00. The Balaban J connectivity index is 1.76. The van der Waals surface area contributed by atoms with Gasteiger partial charge >= 0.3 is 11.7 Å². The topological polar surface area (TPSA) is 82.5 Å². The summed E-state index contributed by atoms with van der Waals surface area (Å²) in [6.45, 7) is 0. The van der Waals surface area contributed by atoms with E-state index in [-0.39, 0.29) is 22.2 Å². The standard InChI is InChI=1S/C18H11F3N4O3/c1-27-11-4-2-10(3-5-11)8-23-25-9-22-14-12-6-7-13(18(19,20)21)24-16(12)28-15(14)17(25)26/h2-9H,1H3/b23-8+. The lowest BCUT2D eigenvalue weighted by atomic mass is 10.2. The van der Waals surface area contributed by atoms with Crippen LogP contribution in [-0.4, -0.2) is 28.0 Å². The van der Waals surface area contributed by atoms with Crippen LogP contribution in [-0.2, 0) is 6.18 Å². The molecule has 0 aliphatic rings. The molecule has 0 aliphatic carbocycles. The smallest absolute Gasteiger partial charge is 0.433 e. The van der Waals surface area contributed by atoms with Crippen molar-refractivity contribution in [1.29, 1.82) is 0 Å². The zero-order valence-electron chi connectivity index (χ0n) is 14.3. The summed E-state index contributed by atoms with van der Waals surface area (Å²) in [6, 6.07) is 8.93. The molecular formula is C18H11F3N4O3. The normalized spacial score (nSPS) is 12.3. The van der Waals surface area contributed by atoms with Crippen LogP contribution in [0.1, 0.15) is 11.3 Å². The number of pyridine rings is 1. The number of rotatable bonds is 3. The summed E-state index contributed by atoms with van der Waals surface area (Å²) < 4.78 is 49.7. The van der Waals surface area contributed by atoms with Gasteiger partial charge in [0.05, 0.1) is 18.7 Å². The van der Waals surface area contributed by atoms with Gasteiger partial charge < -0.3 is 9.15 Å². The van der Waals surface area contributed by atoms with Crippen LogP contribution in [0.5, 0.6) is 5.75 Å². The second kappa shape index (κ2) is 6.48. The molecule has 0 bridgehead atoms. The van der Waals surface area contributed by atoms with Gasteiger partial charge in [0, 0.05) is 0 Å².